The zero-order valence-corrected chi connectivity index (χ0v) is 11.9. The molecule has 0 atom stereocenters. The van der Waals surface area contributed by atoms with Gasteiger partial charge in [0, 0.05) is 12.6 Å². The zero-order chi connectivity index (χ0) is 15.0. The van der Waals surface area contributed by atoms with Crippen molar-refractivity contribution in [1.82, 2.24) is 14.6 Å². The molecule has 0 bridgehead atoms. The molecule has 2 aromatic heterocycles. The molecule has 3 aromatic rings. The van der Waals surface area contributed by atoms with Gasteiger partial charge >= 0.3 is 5.97 Å². The Hall–Kier alpha value is -2.69. The number of rotatable bonds is 3. The summed E-state index contributed by atoms with van der Waals surface area (Å²) >= 11 is 0. The molecule has 106 valence electrons. The Balaban J connectivity index is 2.03. The second-order valence-electron chi connectivity index (χ2n) is 5.13. The van der Waals surface area contributed by atoms with Crippen molar-refractivity contribution in [3.63, 3.8) is 0 Å². The van der Waals surface area contributed by atoms with Gasteiger partial charge in [-0.1, -0.05) is 18.2 Å². The van der Waals surface area contributed by atoms with Crippen LogP contribution in [0.2, 0.25) is 0 Å². The van der Waals surface area contributed by atoms with Gasteiger partial charge in [0.2, 0.25) is 0 Å². The van der Waals surface area contributed by atoms with E-state index in [1.807, 2.05) is 0 Å². The molecule has 0 saturated carbocycles. The minimum absolute atomic E-state index is 0.163. The lowest BCUT2D eigenvalue weighted by atomic mass is 10.0. The highest BCUT2D eigenvalue weighted by Crippen LogP contribution is 2.15. The number of carboxylic acid groups (broad SMARTS) is 1. The highest BCUT2D eigenvalue weighted by molar-refractivity contribution is 5.94. The first kappa shape index (κ1) is 13.3. The molecule has 5 heteroatoms. The van der Waals surface area contributed by atoms with E-state index in [0.29, 0.717) is 12.1 Å². The number of nitrogens with zero attached hydrogens (tertiary/aromatic N) is 3. The third-order valence-corrected chi connectivity index (χ3v) is 3.67. The normalized spacial score (nSPS) is 11.0. The number of hydrogen-bond acceptors (Lipinski definition) is 3. The first-order valence-corrected chi connectivity index (χ1v) is 6.68. The van der Waals surface area contributed by atoms with Gasteiger partial charge < -0.3 is 5.11 Å². The fourth-order valence-electron chi connectivity index (χ4n) is 2.35. The van der Waals surface area contributed by atoms with E-state index in [4.69, 9.17) is 5.11 Å². The number of carboxylic acids is 1. The summed E-state index contributed by atoms with van der Waals surface area (Å²) < 4.78 is 1.73. The molecule has 0 aliphatic rings. The van der Waals surface area contributed by atoms with Crippen molar-refractivity contribution in [2.45, 2.75) is 20.3 Å². The van der Waals surface area contributed by atoms with Crippen LogP contribution in [-0.2, 0) is 6.42 Å². The number of aromatic carboxylic acids is 1. The summed E-state index contributed by atoms with van der Waals surface area (Å²) in [6, 6.07) is 9.49. The van der Waals surface area contributed by atoms with Gasteiger partial charge in [-0.3, -0.25) is 4.40 Å². The number of aromatic nitrogens is 3. The predicted octanol–water partition coefficient (Wildman–Crippen LogP) is 2.64. The standard InChI is InChI=1S/C16H15N3O2/c1-10-5-6-12(8-11(10)2)9-14-17-18-15-13(16(20)21)4-3-7-19(14)15/h3-8H,9H2,1-2H3,(H,20,21). The van der Waals surface area contributed by atoms with Crippen LogP contribution in [0.4, 0.5) is 0 Å². The molecule has 0 aliphatic carbocycles. The lowest BCUT2D eigenvalue weighted by Gasteiger charge is -2.05. The van der Waals surface area contributed by atoms with Crippen molar-refractivity contribution in [3.05, 3.63) is 64.6 Å². The summed E-state index contributed by atoms with van der Waals surface area (Å²) in [7, 11) is 0. The van der Waals surface area contributed by atoms with Crippen molar-refractivity contribution < 1.29 is 9.90 Å². The van der Waals surface area contributed by atoms with E-state index in [-0.39, 0.29) is 5.56 Å². The summed E-state index contributed by atoms with van der Waals surface area (Å²) in [6.07, 6.45) is 2.41. The van der Waals surface area contributed by atoms with Gasteiger partial charge in [0.1, 0.15) is 11.4 Å². The molecule has 0 radical (unpaired) electrons. The van der Waals surface area contributed by atoms with Crippen molar-refractivity contribution in [3.8, 4) is 0 Å². The molecule has 1 aromatic carbocycles. The Morgan fingerprint density at radius 3 is 2.71 bits per heavy atom. The lowest BCUT2D eigenvalue weighted by Crippen LogP contribution is -2.02. The predicted molar refractivity (Wildman–Crippen MR) is 78.7 cm³/mol. The molecule has 1 N–H and O–H groups in total. The van der Waals surface area contributed by atoms with Crippen LogP contribution < -0.4 is 0 Å². The maximum Gasteiger partial charge on any atom is 0.339 e. The van der Waals surface area contributed by atoms with E-state index in [9.17, 15) is 4.79 Å². The van der Waals surface area contributed by atoms with Crippen molar-refractivity contribution in [2.24, 2.45) is 0 Å². The van der Waals surface area contributed by atoms with E-state index >= 15 is 0 Å². The van der Waals surface area contributed by atoms with Crippen molar-refractivity contribution in [1.29, 1.82) is 0 Å². The Morgan fingerprint density at radius 2 is 2.00 bits per heavy atom. The van der Waals surface area contributed by atoms with Gasteiger partial charge in [-0.15, -0.1) is 10.2 Å². The van der Waals surface area contributed by atoms with Crippen molar-refractivity contribution in [2.75, 3.05) is 0 Å². The molecule has 0 unspecified atom stereocenters. The smallest absolute Gasteiger partial charge is 0.339 e. The van der Waals surface area contributed by atoms with E-state index in [1.165, 1.54) is 17.2 Å². The molecule has 0 fully saturated rings. The van der Waals surface area contributed by atoms with Crippen LogP contribution in [0.5, 0.6) is 0 Å². The van der Waals surface area contributed by atoms with Gasteiger partial charge in [0.25, 0.3) is 0 Å². The zero-order valence-electron chi connectivity index (χ0n) is 11.9. The molecule has 0 aliphatic heterocycles. The minimum atomic E-state index is -0.995. The number of fused-ring (bicyclic) bond motifs is 1. The fraction of sp³-hybridized carbons (Fsp3) is 0.188. The van der Waals surface area contributed by atoms with E-state index in [0.717, 1.165) is 11.4 Å². The third kappa shape index (κ3) is 2.38. The third-order valence-electron chi connectivity index (χ3n) is 3.67. The van der Waals surface area contributed by atoms with Crippen LogP contribution in [0.15, 0.2) is 36.5 Å². The maximum atomic E-state index is 11.2. The van der Waals surface area contributed by atoms with Crippen LogP contribution in [0, 0.1) is 13.8 Å². The molecular formula is C16H15N3O2. The Bertz CT molecular complexity index is 837. The average molecular weight is 281 g/mol. The quantitative estimate of drug-likeness (QED) is 0.801. The van der Waals surface area contributed by atoms with Gasteiger partial charge in [0.15, 0.2) is 5.65 Å². The summed E-state index contributed by atoms with van der Waals surface area (Å²) in [4.78, 5) is 11.2. The average Bonchev–Trinajstić information content (AvgIpc) is 2.86. The first-order valence-electron chi connectivity index (χ1n) is 6.68. The van der Waals surface area contributed by atoms with Crippen molar-refractivity contribution >= 4 is 11.6 Å². The largest absolute Gasteiger partial charge is 0.478 e. The van der Waals surface area contributed by atoms with Crippen LogP contribution >= 0.6 is 0 Å². The lowest BCUT2D eigenvalue weighted by molar-refractivity contribution is 0.0698. The van der Waals surface area contributed by atoms with Gasteiger partial charge in [0.05, 0.1) is 0 Å². The summed E-state index contributed by atoms with van der Waals surface area (Å²) in [6.45, 7) is 4.15. The van der Waals surface area contributed by atoms with Crippen LogP contribution in [0.3, 0.4) is 0 Å². The number of carbonyl (C=O) groups is 1. The Labute approximate surface area is 121 Å². The summed E-state index contributed by atoms with van der Waals surface area (Å²) in [5.74, 6) is -0.262. The fourth-order valence-corrected chi connectivity index (χ4v) is 2.35. The summed E-state index contributed by atoms with van der Waals surface area (Å²) in [5, 5.41) is 17.3. The highest BCUT2D eigenvalue weighted by atomic mass is 16.4. The number of benzene rings is 1. The van der Waals surface area contributed by atoms with E-state index < -0.39 is 5.97 Å². The molecule has 3 rings (SSSR count). The first-order chi connectivity index (χ1) is 10.1. The van der Waals surface area contributed by atoms with Gasteiger partial charge in [-0.2, -0.15) is 0 Å². The number of hydrogen-bond donors (Lipinski definition) is 1. The second-order valence-corrected chi connectivity index (χ2v) is 5.13. The molecule has 2 heterocycles. The van der Waals surface area contributed by atoms with Gasteiger partial charge in [-0.05, 0) is 42.7 Å². The monoisotopic (exact) mass is 281 g/mol. The van der Waals surface area contributed by atoms with Gasteiger partial charge in [-0.25, -0.2) is 4.79 Å². The SMILES string of the molecule is Cc1ccc(Cc2nnc3c(C(=O)O)cccn23)cc1C. The minimum Gasteiger partial charge on any atom is -0.478 e. The molecule has 0 spiro atoms. The van der Waals surface area contributed by atoms with Crippen LogP contribution in [-0.4, -0.2) is 25.7 Å². The molecular weight excluding hydrogens is 266 g/mol. The van der Waals surface area contributed by atoms with Crippen LogP contribution in [0.1, 0.15) is 32.9 Å². The van der Waals surface area contributed by atoms with Crippen LogP contribution in [0.25, 0.3) is 5.65 Å². The molecule has 0 amide bonds. The topological polar surface area (TPSA) is 67.5 Å². The maximum absolute atomic E-state index is 11.2. The van der Waals surface area contributed by atoms with E-state index in [2.05, 4.69) is 42.2 Å². The van der Waals surface area contributed by atoms with E-state index in [1.54, 1.807) is 16.7 Å². The number of pyridine rings is 1. The second kappa shape index (κ2) is 5.01. The summed E-state index contributed by atoms with van der Waals surface area (Å²) in [5.41, 5.74) is 4.15. The Morgan fingerprint density at radius 1 is 1.19 bits per heavy atom. The number of aryl methyl sites for hydroxylation is 2. The highest BCUT2D eigenvalue weighted by Gasteiger charge is 2.14. The molecule has 0 saturated heterocycles. The Kier molecular flexibility index (Phi) is 3.17. The molecule has 5 nitrogen and oxygen atoms in total. The molecule has 21 heavy (non-hydrogen) atoms.